The number of hydrogen-bond acceptors (Lipinski definition) is 4. The molecule has 0 fully saturated rings. The number of aryl methyl sites for hydroxylation is 1. The summed E-state index contributed by atoms with van der Waals surface area (Å²) < 4.78 is 5.09. The van der Waals surface area contributed by atoms with Gasteiger partial charge in [0.15, 0.2) is 5.76 Å². The lowest BCUT2D eigenvalue weighted by atomic mass is 10.2. The Morgan fingerprint density at radius 2 is 1.88 bits per heavy atom. The third-order valence-corrected chi connectivity index (χ3v) is 3.96. The van der Waals surface area contributed by atoms with Gasteiger partial charge in [0.1, 0.15) is 11.0 Å². The minimum Gasteiger partial charge on any atom is -0.459 e. The number of anilines is 1. The van der Waals surface area contributed by atoms with E-state index in [2.05, 4.69) is 34.6 Å². The number of hydrogen-bond donors (Lipinski definition) is 1. The summed E-state index contributed by atoms with van der Waals surface area (Å²) in [5.74, 6) is -0.0355. The van der Waals surface area contributed by atoms with Crippen molar-refractivity contribution in [1.82, 2.24) is 15.0 Å². The molecule has 2 heterocycles. The molecule has 0 saturated heterocycles. The fourth-order valence-corrected chi connectivity index (χ4v) is 2.57. The molecule has 25 heavy (non-hydrogen) atoms. The van der Waals surface area contributed by atoms with Gasteiger partial charge >= 0.3 is 0 Å². The Bertz CT molecular complexity index is 1020. The minimum absolute atomic E-state index is 0.264. The number of aromatic nitrogens is 3. The van der Waals surface area contributed by atoms with Crippen LogP contribution in [0.1, 0.15) is 23.0 Å². The van der Waals surface area contributed by atoms with E-state index in [0.717, 1.165) is 17.6 Å². The molecule has 2 aromatic carbocycles. The van der Waals surface area contributed by atoms with Crippen molar-refractivity contribution in [3.63, 3.8) is 0 Å². The molecule has 6 nitrogen and oxygen atoms in total. The number of carbonyl (C=O) groups excluding carboxylic acids is 1. The Kier molecular flexibility index (Phi) is 3.78. The molecule has 0 atom stereocenters. The number of furan rings is 1. The largest absolute Gasteiger partial charge is 0.459 e. The van der Waals surface area contributed by atoms with Crippen LogP contribution >= 0.6 is 0 Å². The van der Waals surface area contributed by atoms with Crippen molar-refractivity contribution in [3.8, 4) is 5.69 Å². The van der Waals surface area contributed by atoms with Gasteiger partial charge in [-0.15, -0.1) is 10.2 Å². The number of nitrogens with zero attached hydrogens (tertiary/aromatic N) is 3. The van der Waals surface area contributed by atoms with Gasteiger partial charge in [0.05, 0.1) is 12.0 Å². The highest BCUT2D eigenvalue weighted by atomic mass is 16.3. The van der Waals surface area contributed by atoms with Gasteiger partial charge in [-0.05, 0) is 54.4 Å². The summed E-state index contributed by atoms with van der Waals surface area (Å²) in [4.78, 5) is 13.7. The van der Waals surface area contributed by atoms with Crippen molar-refractivity contribution in [2.75, 3.05) is 5.32 Å². The van der Waals surface area contributed by atoms with Crippen molar-refractivity contribution in [1.29, 1.82) is 0 Å². The Labute approximate surface area is 144 Å². The molecule has 0 aliphatic carbocycles. The van der Waals surface area contributed by atoms with Crippen molar-refractivity contribution in [3.05, 3.63) is 72.2 Å². The molecule has 0 unspecified atom stereocenters. The van der Waals surface area contributed by atoms with E-state index in [9.17, 15) is 4.79 Å². The maximum atomic E-state index is 12.1. The second-order valence-corrected chi connectivity index (χ2v) is 5.64. The molecule has 0 aliphatic rings. The quantitative estimate of drug-likeness (QED) is 0.616. The molecular weight excluding hydrogens is 316 g/mol. The molecule has 1 N–H and O–H groups in total. The first-order valence-electron chi connectivity index (χ1n) is 8.04. The number of carbonyl (C=O) groups is 1. The summed E-state index contributed by atoms with van der Waals surface area (Å²) >= 11 is 0. The Morgan fingerprint density at radius 1 is 1.08 bits per heavy atom. The average molecular weight is 332 g/mol. The predicted molar refractivity (Wildman–Crippen MR) is 94.9 cm³/mol. The highest BCUT2D eigenvalue weighted by Crippen LogP contribution is 2.18. The first kappa shape index (κ1) is 15.1. The van der Waals surface area contributed by atoms with Crippen LogP contribution in [-0.2, 0) is 6.42 Å². The number of amides is 1. The van der Waals surface area contributed by atoms with E-state index in [0.29, 0.717) is 11.2 Å². The Morgan fingerprint density at radius 3 is 2.60 bits per heavy atom. The lowest BCUT2D eigenvalue weighted by molar-refractivity contribution is 0.0996. The zero-order valence-corrected chi connectivity index (χ0v) is 13.6. The van der Waals surface area contributed by atoms with Gasteiger partial charge in [0, 0.05) is 5.69 Å². The zero-order valence-electron chi connectivity index (χ0n) is 13.6. The first-order valence-corrected chi connectivity index (χ1v) is 8.04. The lowest BCUT2D eigenvalue weighted by Gasteiger charge is -2.02. The molecule has 4 rings (SSSR count). The molecule has 0 saturated carbocycles. The number of nitrogens with one attached hydrogen (secondary N) is 1. The summed E-state index contributed by atoms with van der Waals surface area (Å²) in [6.45, 7) is 2.12. The van der Waals surface area contributed by atoms with Crippen LogP contribution in [0.2, 0.25) is 0 Å². The van der Waals surface area contributed by atoms with E-state index in [1.807, 2.05) is 18.2 Å². The van der Waals surface area contributed by atoms with Crippen LogP contribution in [0.25, 0.3) is 16.7 Å². The molecule has 4 aromatic rings. The van der Waals surface area contributed by atoms with Gasteiger partial charge in [-0.25, -0.2) is 0 Å². The van der Waals surface area contributed by atoms with Gasteiger partial charge in [-0.3, -0.25) is 4.79 Å². The summed E-state index contributed by atoms with van der Waals surface area (Å²) in [7, 11) is 0. The summed E-state index contributed by atoms with van der Waals surface area (Å²) in [6.07, 6.45) is 2.46. The van der Waals surface area contributed by atoms with E-state index in [1.165, 1.54) is 11.8 Å². The van der Waals surface area contributed by atoms with E-state index in [-0.39, 0.29) is 11.7 Å². The highest BCUT2D eigenvalue weighted by molar-refractivity contribution is 6.03. The number of rotatable bonds is 4. The Balaban J connectivity index is 1.61. The zero-order chi connectivity index (χ0) is 17.2. The lowest BCUT2D eigenvalue weighted by Crippen LogP contribution is -2.10. The smallest absolute Gasteiger partial charge is 0.291 e. The van der Waals surface area contributed by atoms with Crippen LogP contribution in [0.3, 0.4) is 0 Å². The molecule has 0 radical (unpaired) electrons. The Hall–Kier alpha value is -3.41. The molecule has 0 aliphatic heterocycles. The topological polar surface area (TPSA) is 73.0 Å². The van der Waals surface area contributed by atoms with Gasteiger partial charge in [-0.1, -0.05) is 19.1 Å². The standard InChI is InChI=1S/C19H16N4O2/c1-2-13-5-8-15(9-6-13)23-21-16-10-7-14(12-17(16)22-23)20-19(24)18-4-3-11-25-18/h3-12H,2H2,1H3,(H,20,24). The SMILES string of the molecule is CCc1ccc(-n2nc3ccc(NC(=O)c4ccco4)cc3n2)cc1. The van der Waals surface area contributed by atoms with Crippen molar-refractivity contribution in [2.24, 2.45) is 0 Å². The first-order chi connectivity index (χ1) is 12.2. The van der Waals surface area contributed by atoms with E-state index in [4.69, 9.17) is 4.42 Å². The molecule has 0 spiro atoms. The van der Waals surface area contributed by atoms with Gasteiger partial charge in [0.25, 0.3) is 5.91 Å². The van der Waals surface area contributed by atoms with Gasteiger partial charge in [-0.2, -0.15) is 4.80 Å². The molecule has 124 valence electrons. The van der Waals surface area contributed by atoms with Crippen LogP contribution in [-0.4, -0.2) is 20.9 Å². The second kappa shape index (κ2) is 6.24. The third-order valence-electron chi connectivity index (χ3n) is 3.96. The molecule has 0 bridgehead atoms. The summed E-state index contributed by atoms with van der Waals surface area (Å²) in [5.41, 5.74) is 4.27. The average Bonchev–Trinajstić information content (AvgIpc) is 3.31. The van der Waals surface area contributed by atoms with E-state index in [1.54, 1.807) is 29.1 Å². The minimum atomic E-state index is -0.299. The summed E-state index contributed by atoms with van der Waals surface area (Å²) in [5, 5.41) is 11.8. The van der Waals surface area contributed by atoms with Crippen LogP contribution in [0, 0.1) is 0 Å². The fourth-order valence-electron chi connectivity index (χ4n) is 2.57. The monoisotopic (exact) mass is 332 g/mol. The molecule has 2 aromatic heterocycles. The normalized spacial score (nSPS) is 10.9. The van der Waals surface area contributed by atoms with Crippen LogP contribution in [0.4, 0.5) is 5.69 Å². The van der Waals surface area contributed by atoms with Crippen LogP contribution < -0.4 is 5.32 Å². The van der Waals surface area contributed by atoms with Crippen molar-refractivity contribution >= 4 is 22.6 Å². The maximum absolute atomic E-state index is 12.1. The van der Waals surface area contributed by atoms with E-state index < -0.39 is 0 Å². The number of fused-ring (bicyclic) bond motifs is 1. The second-order valence-electron chi connectivity index (χ2n) is 5.64. The van der Waals surface area contributed by atoms with E-state index >= 15 is 0 Å². The van der Waals surface area contributed by atoms with Gasteiger partial charge in [0.2, 0.25) is 0 Å². The molecule has 1 amide bonds. The van der Waals surface area contributed by atoms with Crippen molar-refractivity contribution < 1.29 is 9.21 Å². The van der Waals surface area contributed by atoms with Gasteiger partial charge < -0.3 is 9.73 Å². The fraction of sp³-hybridized carbons (Fsp3) is 0.105. The third kappa shape index (κ3) is 3.01. The molecule has 6 heteroatoms. The summed E-state index contributed by atoms with van der Waals surface area (Å²) in [6, 6.07) is 16.8. The highest BCUT2D eigenvalue weighted by Gasteiger charge is 2.10. The van der Waals surface area contributed by atoms with Crippen LogP contribution in [0.5, 0.6) is 0 Å². The maximum Gasteiger partial charge on any atom is 0.291 e. The van der Waals surface area contributed by atoms with Crippen molar-refractivity contribution in [2.45, 2.75) is 13.3 Å². The molecular formula is C19H16N4O2. The van der Waals surface area contributed by atoms with Crippen LogP contribution in [0.15, 0.2) is 65.3 Å². The predicted octanol–water partition coefficient (Wildman–Crippen LogP) is 3.83. The number of benzene rings is 2.